The molecule has 0 atom stereocenters. The molecule has 3 aromatic rings. The first-order chi connectivity index (χ1) is 15.4. The summed E-state index contributed by atoms with van der Waals surface area (Å²) in [6, 6.07) is 20.3. The number of nitro groups is 1. The van der Waals surface area contributed by atoms with E-state index in [-0.39, 0.29) is 29.2 Å². The maximum Gasteiger partial charge on any atom is 0.311 e. The molecule has 0 unspecified atom stereocenters. The number of para-hydroxylation sites is 2. The molecule has 1 aliphatic heterocycles. The van der Waals surface area contributed by atoms with Crippen LogP contribution < -0.4 is 15.2 Å². The van der Waals surface area contributed by atoms with E-state index in [0.717, 1.165) is 15.0 Å². The third-order valence-electron chi connectivity index (χ3n) is 4.72. The number of nitro benzene ring substituents is 1. The summed E-state index contributed by atoms with van der Waals surface area (Å²) in [5.41, 5.74) is 3.65. The van der Waals surface area contributed by atoms with Gasteiger partial charge in [-0.15, -0.1) is 0 Å². The molecule has 0 aromatic heterocycles. The van der Waals surface area contributed by atoms with Crippen LogP contribution in [0.15, 0.2) is 82.8 Å². The van der Waals surface area contributed by atoms with Crippen LogP contribution in [0.25, 0.3) is 6.08 Å². The van der Waals surface area contributed by atoms with E-state index in [4.69, 9.17) is 4.74 Å². The van der Waals surface area contributed by atoms with Gasteiger partial charge in [0, 0.05) is 16.1 Å². The third kappa shape index (κ3) is 4.37. The SMILES string of the molecule is O=C1NN(c2ccccc2)C(=O)C1=Cc1cccc([N+](=O)[O-])c1OCc1ccc(Br)cc1. The van der Waals surface area contributed by atoms with E-state index in [1.807, 2.05) is 24.3 Å². The van der Waals surface area contributed by atoms with Gasteiger partial charge in [0.25, 0.3) is 11.8 Å². The van der Waals surface area contributed by atoms with Gasteiger partial charge in [0.05, 0.1) is 10.6 Å². The Morgan fingerprint density at radius 2 is 1.72 bits per heavy atom. The summed E-state index contributed by atoms with van der Waals surface area (Å²) in [4.78, 5) is 36.4. The number of amides is 2. The van der Waals surface area contributed by atoms with E-state index in [0.29, 0.717) is 5.69 Å². The van der Waals surface area contributed by atoms with E-state index in [1.54, 1.807) is 36.4 Å². The van der Waals surface area contributed by atoms with Crippen LogP contribution in [0.4, 0.5) is 11.4 Å². The van der Waals surface area contributed by atoms with Crippen LogP contribution >= 0.6 is 15.9 Å². The molecule has 1 fully saturated rings. The lowest BCUT2D eigenvalue weighted by molar-refractivity contribution is -0.386. The fourth-order valence-corrected chi connectivity index (χ4v) is 3.43. The van der Waals surface area contributed by atoms with Crippen molar-refractivity contribution in [3.05, 3.63) is 104 Å². The average Bonchev–Trinajstić information content (AvgIpc) is 3.08. The predicted octanol–water partition coefficient (Wildman–Crippen LogP) is 4.40. The Morgan fingerprint density at radius 1 is 1.00 bits per heavy atom. The van der Waals surface area contributed by atoms with Gasteiger partial charge in [0.2, 0.25) is 5.75 Å². The van der Waals surface area contributed by atoms with Gasteiger partial charge in [0.15, 0.2) is 0 Å². The number of nitrogens with zero attached hydrogens (tertiary/aromatic N) is 2. The van der Waals surface area contributed by atoms with Crippen molar-refractivity contribution < 1.29 is 19.2 Å². The van der Waals surface area contributed by atoms with E-state index in [1.165, 1.54) is 18.2 Å². The number of halogens is 1. The van der Waals surface area contributed by atoms with E-state index >= 15 is 0 Å². The molecular formula is C23H16BrN3O5. The van der Waals surface area contributed by atoms with E-state index < -0.39 is 16.7 Å². The number of benzene rings is 3. The van der Waals surface area contributed by atoms with Crippen molar-refractivity contribution in [1.82, 2.24) is 5.43 Å². The minimum Gasteiger partial charge on any atom is -0.482 e. The van der Waals surface area contributed by atoms with Gasteiger partial charge in [-0.3, -0.25) is 25.1 Å². The lowest BCUT2D eigenvalue weighted by atomic mass is 10.1. The number of hydrogen-bond acceptors (Lipinski definition) is 5. The monoisotopic (exact) mass is 493 g/mol. The zero-order chi connectivity index (χ0) is 22.7. The molecule has 0 radical (unpaired) electrons. The summed E-state index contributed by atoms with van der Waals surface area (Å²) in [6.45, 7) is 0.0740. The summed E-state index contributed by atoms with van der Waals surface area (Å²) in [7, 11) is 0. The van der Waals surface area contributed by atoms with Crippen molar-refractivity contribution in [2.24, 2.45) is 0 Å². The zero-order valence-corrected chi connectivity index (χ0v) is 18.1. The summed E-state index contributed by atoms with van der Waals surface area (Å²) in [5.74, 6) is -1.19. The molecule has 32 heavy (non-hydrogen) atoms. The third-order valence-corrected chi connectivity index (χ3v) is 5.25. The number of nitrogens with one attached hydrogen (secondary N) is 1. The van der Waals surface area contributed by atoms with Crippen molar-refractivity contribution >= 4 is 45.2 Å². The van der Waals surface area contributed by atoms with Gasteiger partial charge in [-0.1, -0.05) is 58.4 Å². The molecule has 2 amide bonds. The number of hydrogen-bond donors (Lipinski definition) is 1. The fraction of sp³-hybridized carbons (Fsp3) is 0.0435. The topological polar surface area (TPSA) is 102 Å². The van der Waals surface area contributed by atoms with Crippen LogP contribution in [-0.4, -0.2) is 16.7 Å². The largest absolute Gasteiger partial charge is 0.482 e. The van der Waals surface area contributed by atoms with Crippen LogP contribution in [-0.2, 0) is 16.2 Å². The van der Waals surface area contributed by atoms with Gasteiger partial charge in [-0.05, 0) is 35.9 Å². The van der Waals surface area contributed by atoms with Crippen LogP contribution in [0.5, 0.6) is 5.75 Å². The Hall–Kier alpha value is -3.98. The highest BCUT2D eigenvalue weighted by Gasteiger charge is 2.35. The van der Waals surface area contributed by atoms with Crippen LogP contribution in [0, 0.1) is 10.1 Å². The molecule has 0 bridgehead atoms. The Balaban J connectivity index is 1.68. The highest BCUT2D eigenvalue weighted by Crippen LogP contribution is 2.34. The highest BCUT2D eigenvalue weighted by atomic mass is 79.9. The number of hydrazine groups is 1. The smallest absolute Gasteiger partial charge is 0.311 e. The summed E-state index contributed by atoms with van der Waals surface area (Å²) < 4.78 is 6.68. The van der Waals surface area contributed by atoms with Crippen molar-refractivity contribution in [3.8, 4) is 5.75 Å². The second-order valence-corrected chi connectivity index (χ2v) is 7.76. The van der Waals surface area contributed by atoms with Gasteiger partial charge in [-0.25, -0.2) is 5.01 Å². The minimum atomic E-state index is -0.607. The van der Waals surface area contributed by atoms with Gasteiger partial charge in [-0.2, -0.15) is 0 Å². The van der Waals surface area contributed by atoms with Crippen LogP contribution in [0.2, 0.25) is 0 Å². The van der Waals surface area contributed by atoms with Gasteiger partial charge >= 0.3 is 5.69 Å². The molecule has 1 aliphatic rings. The Labute approximate surface area is 191 Å². The molecule has 1 N–H and O–H groups in total. The normalized spacial score (nSPS) is 14.5. The van der Waals surface area contributed by atoms with Crippen molar-refractivity contribution in [3.63, 3.8) is 0 Å². The standard InChI is InChI=1S/C23H16BrN3O5/c24-17-11-9-15(10-12-17)14-32-21-16(5-4-8-20(21)27(30)31)13-19-22(28)25-26(23(19)29)18-6-2-1-3-7-18/h1-13H,14H2,(H,25,28). The molecule has 160 valence electrons. The first kappa shape index (κ1) is 21.3. The zero-order valence-electron chi connectivity index (χ0n) is 16.5. The lowest BCUT2D eigenvalue weighted by Crippen LogP contribution is -2.35. The molecular weight excluding hydrogens is 478 g/mol. The molecule has 1 heterocycles. The molecule has 1 saturated heterocycles. The lowest BCUT2D eigenvalue weighted by Gasteiger charge is -2.14. The Morgan fingerprint density at radius 3 is 2.41 bits per heavy atom. The Kier molecular flexibility index (Phi) is 6.00. The molecule has 3 aromatic carbocycles. The van der Waals surface area contributed by atoms with Crippen molar-refractivity contribution in [2.75, 3.05) is 5.01 Å². The number of carbonyl (C=O) groups excluding carboxylic acids is 2. The quantitative estimate of drug-likeness (QED) is 0.237. The fourth-order valence-electron chi connectivity index (χ4n) is 3.16. The average molecular weight is 494 g/mol. The summed E-state index contributed by atoms with van der Waals surface area (Å²) in [6.07, 6.45) is 1.31. The second-order valence-electron chi connectivity index (χ2n) is 6.84. The number of anilines is 1. The maximum atomic E-state index is 12.9. The van der Waals surface area contributed by atoms with Gasteiger partial charge in [0.1, 0.15) is 12.2 Å². The van der Waals surface area contributed by atoms with Crippen LogP contribution in [0.3, 0.4) is 0 Å². The summed E-state index contributed by atoms with van der Waals surface area (Å²) in [5, 5.41) is 12.7. The Bertz CT molecular complexity index is 1230. The molecule has 8 nitrogen and oxygen atoms in total. The summed E-state index contributed by atoms with van der Waals surface area (Å²) >= 11 is 3.35. The number of rotatable bonds is 6. The minimum absolute atomic E-state index is 0.0216. The molecule has 0 aliphatic carbocycles. The highest BCUT2D eigenvalue weighted by molar-refractivity contribution is 9.10. The molecule has 0 saturated carbocycles. The van der Waals surface area contributed by atoms with Crippen molar-refractivity contribution in [1.29, 1.82) is 0 Å². The first-order valence-corrected chi connectivity index (χ1v) is 10.3. The predicted molar refractivity (Wildman–Crippen MR) is 122 cm³/mol. The maximum absolute atomic E-state index is 12.9. The van der Waals surface area contributed by atoms with Crippen LogP contribution in [0.1, 0.15) is 11.1 Å². The molecule has 9 heteroatoms. The molecule has 4 rings (SSSR count). The number of carbonyl (C=O) groups is 2. The molecule has 0 spiro atoms. The first-order valence-electron chi connectivity index (χ1n) is 9.51. The second kappa shape index (κ2) is 9.03. The number of ether oxygens (including phenoxy) is 1. The van der Waals surface area contributed by atoms with E-state index in [2.05, 4.69) is 21.4 Å². The van der Waals surface area contributed by atoms with E-state index in [9.17, 15) is 19.7 Å². The van der Waals surface area contributed by atoms with Gasteiger partial charge < -0.3 is 4.74 Å². The van der Waals surface area contributed by atoms with Crippen molar-refractivity contribution in [2.45, 2.75) is 6.61 Å².